The van der Waals surface area contributed by atoms with Gasteiger partial charge in [0, 0.05) is 19.6 Å². The largest absolute Gasteiger partial charge is 0.342 e. The van der Waals surface area contributed by atoms with Crippen molar-refractivity contribution in [1.82, 2.24) is 10.2 Å². The van der Waals surface area contributed by atoms with Crippen molar-refractivity contribution in [3.63, 3.8) is 0 Å². The van der Waals surface area contributed by atoms with Crippen molar-refractivity contribution in [1.29, 1.82) is 0 Å². The third kappa shape index (κ3) is 2.57. The molecule has 94 valence electrons. The molecular weight excluding hydrogens is 200 g/mol. The Hall–Kier alpha value is -0.570. The monoisotopic (exact) mass is 226 g/mol. The van der Waals surface area contributed by atoms with Gasteiger partial charge in [-0.3, -0.25) is 4.79 Å². The molecular formula is C13H26N2O. The van der Waals surface area contributed by atoms with E-state index in [9.17, 15) is 4.79 Å². The first-order valence-electron chi connectivity index (χ1n) is 6.16. The van der Waals surface area contributed by atoms with Gasteiger partial charge in [-0.2, -0.15) is 0 Å². The maximum Gasteiger partial charge on any atom is 0.229 e. The van der Waals surface area contributed by atoms with Gasteiger partial charge in [0.05, 0.1) is 5.41 Å². The predicted molar refractivity (Wildman–Crippen MR) is 67.3 cm³/mol. The van der Waals surface area contributed by atoms with Crippen LogP contribution in [0.5, 0.6) is 0 Å². The summed E-state index contributed by atoms with van der Waals surface area (Å²) in [5, 5.41) is 3.28. The van der Waals surface area contributed by atoms with E-state index in [1.165, 1.54) is 0 Å². The first-order chi connectivity index (χ1) is 7.18. The van der Waals surface area contributed by atoms with Crippen LogP contribution in [0.15, 0.2) is 0 Å². The SMILES string of the molecule is CC(N(C)C(=O)C1(C)CCNC1)C(C)(C)C. The van der Waals surface area contributed by atoms with Gasteiger partial charge in [0.1, 0.15) is 0 Å². The zero-order valence-corrected chi connectivity index (χ0v) is 11.6. The van der Waals surface area contributed by atoms with Crippen LogP contribution in [0.2, 0.25) is 0 Å². The van der Waals surface area contributed by atoms with E-state index >= 15 is 0 Å². The van der Waals surface area contributed by atoms with E-state index < -0.39 is 0 Å². The molecule has 3 nitrogen and oxygen atoms in total. The highest BCUT2D eigenvalue weighted by Gasteiger charge is 2.40. The first kappa shape index (κ1) is 13.5. The Kier molecular flexibility index (Phi) is 3.68. The summed E-state index contributed by atoms with van der Waals surface area (Å²) < 4.78 is 0. The quantitative estimate of drug-likeness (QED) is 0.779. The van der Waals surface area contributed by atoms with Crippen molar-refractivity contribution < 1.29 is 4.79 Å². The summed E-state index contributed by atoms with van der Waals surface area (Å²) in [6.07, 6.45) is 0.951. The smallest absolute Gasteiger partial charge is 0.229 e. The van der Waals surface area contributed by atoms with E-state index in [0.29, 0.717) is 0 Å². The van der Waals surface area contributed by atoms with E-state index in [1.54, 1.807) is 0 Å². The van der Waals surface area contributed by atoms with Gasteiger partial charge in [-0.25, -0.2) is 0 Å². The lowest BCUT2D eigenvalue weighted by atomic mass is 9.83. The van der Waals surface area contributed by atoms with Crippen LogP contribution < -0.4 is 5.32 Å². The summed E-state index contributed by atoms with van der Waals surface area (Å²) in [5.74, 6) is 0.278. The Morgan fingerprint density at radius 3 is 2.38 bits per heavy atom. The fourth-order valence-corrected chi connectivity index (χ4v) is 2.18. The summed E-state index contributed by atoms with van der Waals surface area (Å²) >= 11 is 0. The van der Waals surface area contributed by atoms with E-state index in [1.807, 2.05) is 11.9 Å². The number of carbonyl (C=O) groups is 1. The minimum absolute atomic E-state index is 0.132. The Bertz CT molecular complexity index is 262. The second kappa shape index (κ2) is 4.36. The summed E-state index contributed by atoms with van der Waals surface area (Å²) in [6, 6.07) is 0.262. The van der Waals surface area contributed by atoms with Gasteiger partial charge < -0.3 is 10.2 Å². The molecule has 2 unspecified atom stereocenters. The molecule has 1 aliphatic rings. The minimum Gasteiger partial charge on any atom is -0.342 e. The van der Waals surface area contributed by atoms with Crippen LogP contribution in [0.3, 0.4) is 0 Å². The molecule has 3 heteroatoms. The van der Waals surface area contributed by atoms with E-state index in [-0.39, 0.29) is 22.8 Å². The number of carbonyl (C=O) groups excluding carboxylic acids is 1. The van der Waals surface area contributed by atoms with Crippen molar-refractivity contribution in [2.24, 2.45) is 10.8 Å². The number of hydrogen-bond acceptors (Lipinski definition) is 2. The van der Waals surface area contributed by atoms with Crippen LogP contribution in [-0.4, -0.2) is 37.0 Å². The fraction of sp³-hybridized carbons (Fsp3) is 0.923. The number of hydrogen-bond donors (Lipinski definition) is 1. The van der Waals surface area contributed by atoms with E-state index in [2.05, 4.69) is 39.9 Å². The molecule has 0 aromatic heterocycles. The van der Waals surface area contributed by atoms with E-state index in [0.717, 1.165) is 19.5 Å². The zero-order valence-electron chi connectivity index (χ0n) is 11.6. The summed E-state index contributed by atoms with van der Waals surface area (Å²) in [5.41, 5.74) is -0.0684. The van der Waals surface area contributed by atoms with Gasteiger partial charge in [0.15, 0.2) is 0 Å². The summed E-state index contributed by atoms with van der Waals surface area (Å²) in [6.45, 7) is 12.5. The van der Waals surface area contributed by atoms with Gasteiger partial charge in [0.25, 0.3) is 0 Å². The van der Waals surface area contributed by atoms with Crippen molar-refractivity contribution in [2.45, 2.75) is 47.1 Å². The maximum atomic E-state index is 12.4. The second-order valence-corrected chi connectivity index (χ2v) is 6.45. The van der Waals surface area contributed by atoms with Crippen LogP contribution in [0.25, 0.3) is 0 Å². The Balaban J connectivity index is 2.74. The molecule has 0 radical (unpaired) electrons. The topological polar surface area (TPSA) is 32.3 Å². The van der Waals surface area contributed by atoms with Crippen LogP contribution in [0.4, 0.5) is 0 Å². The van der Waals surface area contributed by atoms with Gasteiger partial charge in [-0.05, 0) is 32.2 Å². The Morgan fingerprint density at radius 2 is 2.00 bits per heavy atom. The average molecular weight is 226 g/mol. The van der Waals surface area contributed by atoms with Crippen molar-refractivity contribution in [2.75, 3.05) is 20.1 Å². The molecule has 0 aromatic carbocycles. The molecule has 16 heavy (non-hydrogen) atoms. The van der Waals surface area contributed by atoms with Crippen molar-refractivity contribution >= 4 is 5.91 Å². The van der Waals surface area contributed by atoms with Gasteiger partial charge in [-0.15, -0.1) is 0 Å². The number of nitrogens with zero attached hydrogens (tertiary/aromatic N) is 1. The fourth-order valence-electron chi connectivity index (χ4n) is 2.18. The number of nitrogens with one attached hydrogen (secondary N) is 1. The van der Waals surface area contributed by atoms with Crippen molar-refractivity contribution in [3.05, 3.63) is 0 Å². The second-order valence-electron chi connectivity index (χ2n) is 6.45. The summed E-state index contributed by atoms with van der Waals surface area (Å²) in [4.78, 5) is 14.4. The molecule has 2 atom stereocenters. The highest BCUT2D eigenvalue weighted by molar-refractivity contribution is 5.83. The molecule has 1 amide bonds. The third-order valence-electron chi connectivity index (χ3n) is 4.04. The molecule has 1 fully saturated rings. The minimum atomic E-state index is -0.200. The highest BCUT2D eigenvalue weighted by Crippen LogP contribution is 2.31. The molecule has 0 spiro atoms. The summed E-state index contributed by atoms with van der Waals surface area (Å²) in [7, 11) is 1.93. The molecule has 1 aliphatic heterocycles. The third-order valence-corrected chi connectivity index (χ3v) is 4.04. The molecule has 0 aliphatic carbocycles. The van der Waals surface area contributed by atoms with Crippen molar-refractivity contribution in [3.8, 4) is 0 Å². The van der Waals surface area contributed by atoms with Crippen LogP contribution in [0, 0.1) is 10.8 Å². The van der Waals surface area contributed by atoms with Gasteiger partial charge in [0.2, 0.25) is 5.91 Å². The van der Waals surface area contributed by atoms with Gasteiger partial charge >= 0.3 is 0 Å². The lowest BCUT2D eigenvalue weighted by Gasteiger charge is -2.39. The number of rotatable bonds is 2. The van der Waals surface area contributed by atoms with Gasteiger partial charge in [-0.1, -0.05) is 20.8 Å². The first-order valence-corrected chi connectivity index (χ1v) is 6.16. The maximum absolute atomic E-state index is 12.4. The molecule has 1 rings (SSSR count). The molecule has 0 bridgehead atoms. The van der Waals surface area contributed by atoms with Crippen LogP contribution in [0.1, 0.15) is 41.0 Å². The molecule has 1 N–H and O–H groups in total. The molecule has 1 heterocycles. The molecule has 0 aromatic rings. The Labute approximate surface area is 99.6 Å². The normalized spacial score (nSPS) is 27.9. The Morgan fingerprint density at radius 1 is 1.44 bits per heavy atom. The standard InChI is InChI=1S/C13H26N2O/c1-10(12(2,3)4)15(6)11(16)13(5)7-8-14-9-13/h10,14H,7-9H2,1-6H3. The van der Waals surface area contributed by atoms with Crippen LogP contribution >= 0.6 is 0 Å². The lowest BCUT2D eigenvalue weighted by molar-refractivity contribution is -0.142. The zero-order chi connectivity index (χ0) is 12.6. The molecule has 1 saturated heterocycles. The predicted octanol–water partition coefficient (Wildman–Crippen LogP) is 1.88. The molecule has 0 saturated carbocycles. The van der Waals surface area contributed by atoms with Crippen LogP contribution in [-0.2, 0) is 4.79 Å². The average Bonchev–Trinajstić information content (AvgIpc) is 2.61. The lowest BCUT2D eigenvalue weighted by Crippen LogP contribution is -2.49. The highest BCUT2D eigenvalue weighted by atomic mass is 16.2. The van der Waals surface area contributed by atoms with E-state index in [4.69, 9.17) is 0 Å². The number of amides is 1.